The van der Waals surface area contributed by atoms with Crippen molar-refractivity contribution in [1.82, 2.24) is 4.90 Å². The fourth-order valence-corrected chi connectivity index (χ4v) is 1.58. The van der Waals surface area contributed by atoms with Gasteiger partial charge in [-0.15, -0.1) is 12.4 Å². The molecule has 1 aromatic rings. The summed E-state index contributed by atoms with van der Waals surface area (Å²) >= 11 is 0. The molecule has 0 saturated heterocycles. The Hall–Kier alpha value is -1.06. The van der Waals surface area contributed by atoms with Crippen LogP contribution in [0.15, 0.2) is 24.3 Å². The van der Waals surface area contributed by atoms with E-state index in [0.717, 1.165) is 5.56 Å². The molecule has 4 heteroatoms. The van der Waals surface area contributed by atoms with Crippen LogP contribution in [-0.2, 0) is 11.3 Å². The predicted molar refractivity (Wildman–Crippen MR) is 77.7 cm³/mol. The van der Waals surface area contributed by atoms with Crippen molar-refractivity contribution < 1.29 is 4.79 Å². The van der Waals surface area contributed by atoms with Crippen LogP contribution in [0.3, 0.4) is 0 Å². The van der Waals surface area contributed by atoms with Gasteiger partial charge >= 0.3 is 0 Å². The molecule has 3 nitrogen and oxygen atoms in total. The fourth-order valence-electron chi connectivity index (χ4n) is 1.58. The maximum Gasteiger partial charge on any atom is 0.239 e. The number of carbonyl (C=O) groups is 1. The Morgan fingerprint density at radius 3 is 2.22 bits per heavy atom. The van der Waals surface area contributed by atoms with Crippen LogP contribution in [0, 0.1) is 12.8 Å². The number of carbonyl (C=O) groups excluding carboxylic acids is 1. The second-order valence-electron chi connectivity index (χ2n) is 4.95. The summed E-state index contributed by atoms with van der Waals surface area (Å²) in [5, 5.41) is 0. The van der Waals surface area contributed by atoms with Gasteiger partial charge in [0.05, 0.1) is 6.04 Å². The van der Waals surface area contributed by atoms with E-state index in [1.54, 1.807) is 11.9 Å². The van der Waals surface area contributed by atoms with E-state index in [2.05, 4.69) is 12.1 Å². The van der Waals surface area contributed by atoms with E-state index in [9.17, 15) is 4.79 Å². The van der Waals surface area contributed by atoms with Gasteiger partial charge in [0.25, 0.3) is 0 Å². The first-order valence-electron chi connectivity index (χ1n) is 5.98. The Morgan fingerprint density at radius 1 is 1.28 bits per heavy atom. The molecule has 2 N–H and O–H groups in total. The molecule has 0 aromatic heterocycles. The first-order chi connectivity index (χ1) is 7.91. The lowest BCUT2D eigenvalue weighted by molar-refractivity contribution is -0.132. The Balaban J connectivity index is 0.00000289. The van der Waals surface area contributed by atoms with Gasteiger partial charge in [-0.3, -0.25) is 4.79 Å². The smallest absolute Gasteiger partial charge is 0.239 e. The molecule has 1 atom stereocenters. The summed E-state index contributed by atoms with van der Waals surface area (Å²) < 4.78 is 0. The van der Waals surface area contributed by atoms with Crippen molar-refractivity contribution in [2.75, 3.05) is 7.05 Å². The van der Waals surface area contributed by atoms with Crippen LogP contribution in [0.5, 0.6) is 0 Å². The second kappa shape index (κ2) is 7.39. The van der Waals surface area contributed by atoms with Gasteiger partial charge in [0.15, 0.2) is 0 Å². The lowest BCUT2D eigenvalue weighted by atomic mass is 10.0. The molecule has 0 saturated carbocycles. The number of likely N-dealkylation sites (N-methyl/N-ethyl adjacent to an activating group) is 1. The first kappa shape index (κ1) is 16.9. The molecule has 18 heavy (non-hydrogen) atoms. The van der Waals surface area contributed by atoms with E-state index >= 15 is 0 Å². The molecule has 102 valence electrons. The van der Waals surface area contributed by atoms with E-state index in [1.165, 1.54) is 5.56 Å². The number of aryl methyl sites for hydroxylation is 1. The van der Waals surface area contributed by atoms with Gasteiger partial charge in [0, 0.05) is 13.6 Å². The van der Waals surface area contributed by atoms with Gasteiger partial charge in [-0.2, -0.15) is 0 Å². The average molecular weight is 271 g/mol. The minimum atomic E-state index is -0.412. The maximum absolute atomic E-state index is 12.0. The maximum atomic E-state index is 12.0. The van der Waals surface area contributed by atoms with Crippen molar-refractivity contribution >= 4 is 18.3 Å². The Morgan fingerprint density at radius 2 is 1.78 bits per heavy atom. The van der Waals surface area contributed by atoms with Gasteiger partial charge in [-0.1, -0.05) is 43.7 Å². The third-order valence-corrected chi connectivity index (χ3v) is 2.92. The molecule has 0 heterocycles. The fraction of sp³-hybridized carbons (Fsp3) is 0.500. The molecule has 0 fully saturated rings. The average Bonchev–Trinajstić information content (AvgIpc) is 2.30. The van der Waals surface area contributed by atoms with E-state index < -0.39 is 6.04 Å². The summed E-state index contributed by atoms with van der Waals surface area (Å²) in [6.45, 7) is 6.58. The summed E-state index contributed by atoms with van der Waals surface area (Å²) in [6, 6.07) is 7.77. The monoisotopic (exact) mass is 270 g/mol. The van der Waals surface area contributed by atoms with Crippen LogP contribution < -0.4 is 5.73 Å². The molecule has 1 aromatic carbocycles. The van der Waals surface area contributed by atoms with E-state index in [0.29, 0.717) is 6.54 Å². The van der Waals surface area contributed by atoms with Crippen molar-refractivity contribution in [3.05, 3.63) is 35.4 Å². The summed E-state index contributed by atoms with van der Waals surface area (Å²) in [5.41, 5.74) is 8.20. The highest BCUT2D eigenvalue weighted by molar-refractivity contribution is 5.85. The first-order valence-corrected chi connectivity index (χ1v) is 5.98. The molecule has 1 amide bonds. The number of nitrogens with two attached hydrogens (primary N) is 1. The van der Waals surface area contributed by atoms with Crippen LogP contribution in [0.1, 0.15) is 25.0 Å². The van der Waals surface area contributed by atoms with Gasteiger partial charge < -0.3 is 10.6 Å². The van der Waals surface area contributed by atoms with Crippen molar-refractivity contribution in [2.45, 2.75) is 33.4 Å². The van der Waals surface area contributed by atoms with Crippen LogP contribution in [-0.4, -0.2) is 23.9 Å². The number of hydrogen-bond donors (Lipinski definition) is 1. The van der Waals surface area contributed by atoms with Gasteiger partial charge in [0.2, 0.25) is 5.91 Å². The zero-order valence-electron chi connectivity index (χ0n) is 11.5. The van der Waals surface area contributed by atoms with Gasteiger partial charge in [0.1, 0.15) is 0 Å². The van der Waals surface area contributed by atoms with Crippen molar-refractivity contribution in [3.8, 4) is 0 Å². The minimum Gasteiger partial charge on any atom is -0.340 e. The van der Waals surface area contributed by atoms with Crippen molar-refractivity contribution in [3.63, 3.8) is 0 Å². The molecular formula is C14H23ClN2O. The molecule has 0 aliphatic rings. The van der Waals surface area contributed by atoms with Crippen molar-refractivity contribution in [1.29, 1.82) is 0 Å². The zero-order chi connectivity index (χ0) is 13.0. The summed E-state index contributed by atoms with van der Waals surface area (Å²) in [5.74, 6) is 0.170. The number of benzene rings is 1. The minimum absolute atomic E-state index is 0. The highest BCUT2D eigenvalue weighted by atomic mass is 35.5. The predicted octanol–water partition coefficient (Wildman–Crippen LogP) is 2.36. The van der Waals surface area contributed by atoms with E-state index in [4.69, 9.17) is 5.73 Å². The van der Waals surface area contributed by atoms with E-state index in [1.807, 2.05) is 32.9 Å². The summed E-state index contributed by atoms with van der Waals surface area (Å²) in [6.07, 6.45) is 0. The normalized spacial score (nSPS) is 11.9. The lowest BCUT2D eigenvalue weighted by Gasteiger charge is -2.23. The topological polar surface area (TPSA) is 46.3 Å². The Labute approximate surface area is 116 Å². The number of hydrogen-bond acceptors (Lipinski definition) is 2. The molecule has 0 aliphatic carbocycles. The SMILES string of the molecule is Cc1ccc(CN(C)C(=O)C(N)C(C)C)cc1.Cl. The molecule has 0 radical (unpaired) electrons. The van der Waals surface area contributed by atoms with Crippen molar-refractivity contribution in [2.24, 2.45) is 11.7 Å². The molecule has 0 aliphatic heterocycles. The van der Waals surface area contributed by atoms with Gasteiger partial charge in [-0.25, -0.2) is 0 Å². The highest BCUT2D eigenvalue weighted by Gasteiger charge is 2.20. The molecule has 1 unspecified atom stereocenters. The third kappa shape index (κ3) is 4.67. The molecular weight excluding hydrogens is 248 g/mol. The quantitative estimate of drug-likeness (QED) is 0.913. The number of nitrogens with zero attached hydrogens (tertiary/aromatic N) is 1. The molecule has 1 rings (SSSR count). The van der Waals surface area contributed by atoms with Crippen LogP contribution in [0.25, 0.3) is 0 Å². The van der Waals surface area contributed by atoms with Gasteiger partial charge in [-0.05, 0) is 18.4 Å². The van der Waals surface area contributed by atoms with E-state index in [-0.39, 0.29) is 24.2 Å². The second-order valence-corrected chi connectivity index (χ2v) is 4.95. The van der Waals surface area contributed by atoms with Crippen LogP contribution in [0.2, 0.25) is 0 Å². The number of rotatable bonds is 4. The molecule has 0 spiro atoms. The summed E-state index contributed by atoms with van der Waals surface area (Å²) in [4.78, 5) is 13.6. The number of halogens is 1. The van der Waals surface area contributed by atoms with Crippen LogP contribution >= 0.6 is 12.4 Å². The summed E-state index contributed by atoms with van der Waals surface area (Å²) in [7, 11) is 1.80. The largest absolute Gasteiger partial charge is 0.340 e. The number of amides is 1. The van der Waals surface area contributed by atoms with Crippen LogP contribution in [0.4, 0.5) is 0 Å². The standard InChI is InChI=1S/C14H22N2O.ClH/c1-10(2)13(15)14(17)16(4)9-12-7-5-11(3)6-8-12;/h5-8,10,13H,9,15H2,1-4H3;1H. The highest BCUT2D eigenvalue weighted by Crippen LogP contribution is 2.08. The third-order valence-electron chi connectivity index (χ3n) is 2.92. The lowest BCUT2D eigenvalue weighted by Crippen LogP contribution is -2.44. The molecule has 0 bridgehead atoms. The Bertz CT molecular complexity index is 376. The Kier molecular flexibility index (Phi) is 6.96. The zero-order valence-corrected chi connectivity index (χ0v) is 12.3.